The minimum absolute atomic E-state index is 0.0433. The third-order valence-electron chi connectivity index (χ3n) is 5.14. The average molecular weight is 382 g/mol. The van der Waals surface area contributed by atoms with Crippen LogP contribution >= 0.6 is 11.3 Å². The molecule has 0 aliphatic carbocycles. The van der Waals surface area contributed by atoms with Crippen LogP contribution in [-0.4, -0.2) is 28.8 Å². The summed E-state index contributed by atoms with van der Waals surface area (Å²) < 4.78 is 1.81. The van der Waals surface area contributed by atoms with Gasteiger partial charge in [0.1, 0.15) is 11.9 Å². The molecule has 0 saturated carbocycles. The Bertz CT molecular complexity index is 914. The number of anilines is 1. The van der Waals surface area contributed by atoms with Crippen molar-refractivity contribution in [1.29, 1.82) is 0 Å². The van der Waals surface area contributed by atoms with Crippen molar-refractivity contribution >= 4 is 23.1 Å². The second-order valence-corrected chi connectivity index (χ2v) is 8.24. The standard InChI is InChI=1S/C21H24N4OS/c1-15-7-9-17(10-8-15)25-20(13-16(2)23-25)22-21(26)14-24-11-3-5-18(24)19-6-4-12-27-19/h4,6-10,12-13,18H,3,5,11,14H2,1-2H3,(H,22,26)/p+1/t18-/m0/s1. The fourth-order valence-electron chi connectivity index (χ4n) is 3.82. The summed E-state index contributed by atoms with van der Waals surface area (Å²) in [6.07, 6.45) is 2.33. The predicted molar refractivity (Wildman–Crippen MR) is 109 cm³/mol. The fraction of sp³-hybridized carbons (Fsp3) is 0.333. The molecule has 3 aromatic rings. The molecule has 1 unspecified atom stereocenters. The Kier molecular flexibility index (Phi) is 5.09. The third-order valence-corrected chi connectivity index (χ3v) is 6.12. The fourth-order valence-corrected chi connectivity index (χ4v) is 4.74. The van der Waals surface area contributed by atoms with E-state index >= 15 is 0 Å². The van der Waals surface area contributed by atoms with Crippen LogP contribution in [0, 0.1) is 13.8 Å². The number of quaternary nitrogens is 1. The number of nitrogens with zero attached hydrogens (tertiary/aromatic N) is 2. The summed E-state index contributed by atoms with van der Waals surface area (Å²) in [6, 6.07) is 14.8. The Balaban J connectivity index is 1.48. The first kappa shape index (κ1) is 17.9. The van der Waals surface area contributed by atoms with E-state index < -0.39 is 0 Å². The lowest BCUT2D eigenvalue weighted by molar-refractivity contribution is -0.910. The second kappa shape index (κ2) is 7.66. The van der Waals surface area contributed by atoms with Gasteiger partial charge in [-0.25, -0.2) is 4.68 Å². The van der Waals surface area contributed by atoms with Crippen molar-refractivity contribution in [2.75, 3.05) is 18.4 Å². The maximum absolute atomic E-state index is 12.8. The number of benzene rings is 1. The zero-order valence-corrected chi connectivity index (χ0v) is 16.6. The van der Waals surface area contributed by atoms with Crippen LogP contribution in [0.2, 0.25) is 0 Å². The lowest BCUT2D eigenvalue weighted by Gasteiger charge is -2.20. The van der Waals surface area contributed by atoms with Crippen molar-refractivity contribution in [1.82, 2.24) is 9.78 Å². The van der Waals surface area contributed by atoms with Crippen LogP contribution in [0.5, 0.6) is 0 Å². The summed E-state index contributed by atoms with van der Waals surface area (Å²) in [4.78, 5) is 15.5. The number of aromatic nitrogens is 2. The van der Waals surface area contributed by atoms with Crippen LogP contribution < -0.4 is 10.2 Å². The van der Waals surface area contributed by atoms with Gasteiger partial charge in [-0.3, -0.25) is 4.79 Å². The van der Waals surface area contributed by atoms with E-state index in [2.05, 4.69) is 47.0 Å². The van der Waals surface area contributed by atoms with E-state index in [-0.39, 0.29) is 5.91 Å². The topological polar surface area (TPSA) is 51.4 Å². The van der Waals surface area contributed by atoms with Gasteiger partial charge in [0.2, 0.25) is 0 Å². The number of carbonyl (C=O) groups excluding carboxylic acids is 1. The van der Waals surface area contributed by atoms with Gasteiger partial charge in [0.25, 0.3) is 5.91 Å². The summed E-state index contributed by atoms with van der Waals surface area (Å²) >= 11 is 1.79. The van der Waals surface area contributed by atoms with Gasteiger partial charge in [0.15, 0.2) is 6.54 Å². The van der Waals surface area contributed by atoms with Crippen LogP contribution in [-0.2, 0) is 4.79 Å². The zero-order chi connectivity index (χ0) is 18.8. The van der Waals surface area contributed by atoms with Crippen LogP contribution in [0.3, 0.4) is 0 Å². The first-order valence-corrected chi connectivity index (χ1v) is 10.3. The second-order valence-electron chi connectivity index (χ2n) is 7.26. The molecule has 2 aromatic heterocycles. The number of thiophene rings is 1. The van der Waals surface area contributed by atoms with Crippen LogP contribution in [0.25, 0.3) is 5.69 Å². The largest absolute Gasteiger partial charge is 0.320 e. The van der Waals surface area contributed by atoms with Crippen molar-refractivity contribution in [2.24, 2.45) is 0 Å². The molecule has 1 aromatic carbocycles. The molecule has 2 atom stereocenters. The van der Waals surface area contributed by atoms with E-state index in [9.17, 15) is 4.79 Å². The molecule has 6 heteroatoms. The maximum atomic E-state index is 12.8. The molecule has 1 aliphatic rings. The van der Waals surface area contributed by atoms with Crippen LogP contribution in [0.1, 0.15) is 35.0 Å². The van der Waals surface area contributed by atoms with E-state index in [1.807, 2.05) is 29.8 Å². The molecule has 1 aliphatic heterocycles. The summed E-state index contributed by atoms with van der Waals surface area (Å²) in [7, 11) is 0. The highest BCUT2D eigenvalue weighted by atomic mass is 32.1. The molecular formula is C21H25N4OS+. The quantitative estimate of drug-likeness (QED) is 0.714. The van der Waals surface area contributed by atoms with E-state index in [0.29, 0.717) is 12.6 Å². The highest BCUT2D eigenvalue weighted by Gasteiger charge is 2.32. The summed E-state index contributed by atoms with van der Waals surface area (Å²) in [6.45, 7) is 5.54. The Morgan fingerprint density at radius 1 is 1.30 bits per heavy atom. The van der Waals surface area contributed by atoms with Gasteiger partial charge in [-0.2, -0.15) is 5.10 Å². The minimum atomic E-state index is 0.0433. The summed E-state index contributed by atoms with van der Waals surface area (Å²) in [5.41, 5.74) is 3.04. The molecular weight excluding hydrogens is 356 g/mol. The first-order chi connectivity index (χ1) is 13.1. The van der Waals surface area contributed by atoms with Crippen molar-refractivity contribution in [3.63, 3.8) is 0 Å². The maximum Gasteiger partial charge on any atom is 0.280 e. The Morgan fingerprint density at radius 3 is 2.85 bits per heavy atom. The van der Waals surface area contributed by atoms with E-state index in [4.69, 9.17) is 0 Å². The molecule has 2 N–H and O–H groups in total. The van der Waals surface area contributed by atoms with Gasteiger partial charge in [0.05, 0.1) is 22.8 Å². The third kappa shape index (κ3) is 3.96. The van der Waals surface area contributed by atoms with Crippen molar-refractivity contribution in [3.8, 4) is 5.69 Å². The minimum Gasteiger partial charge on any atom is -0.320 e. The molecule has 1 amide bonds. The molecule has 140 valence electrons. The van der Waals surface area contributed by atoms with E-state index in [1.165, 1.54) is 21.8 Å². The molecule has 0 spiro atoms. The summed E-state index contributed by atoms with van der Waals surface area (Å²) in [5, 5.41) is 9.75. The van der Waals surface area contributed by atoms with Gasteiger partial charge in [-0.15, -0.1) is 11.3 Å². The van der Waals surface area contributed by atoms with E-state index in [0.717, 1.165) is 30.2 Å². The van der Waals surface area contributed by atoms with Gasteiger partial charge >= 0.3 is 0 Å². The number of nitrogens with one attached hydrogen (secondary N) is 2. The van der Waals surface area contributed by atoms with Gasteiger partial charge in [0, 0.05) is 18.9 Å². The molecule has 27 heavy (non-hydrogen) atoms. The van der Waals surface area contributed by atoms with Crippen LogP contribution in [0.15, 0.2) is 47.8 Å². The normalized spacial score (nSPS) is 19.3. The first-order valence-electron chi connectivity index (χ1n) is 9.42. The number of likely N-dealkylation sites (tertiary alicyclic amines) is 1. The number of rotatable bonds is 5. The van der Waals surface area contributed by atoms with Crippen molar-refractivity contribution in [2.45, 2.75) is 32.7 Å². The molecule has 0 bridgehead atoms. The van der Waals surface area contributed by atoms with Gasteiger partial charge < -0.3 is 10.2 Å². The number of aryl methyl sites for hydroxylation is 2. The Labute approximate surface area is 163 Å². The molecule has 4 rings (SSSR count). The molecule has 3 heterocycles. The smallest absolute Gasteiger partial charge is 0.280 e. The van der Waals surface area contributed by atoms with Crippen molar-refractivity contribution in [3.05, 3.63) is 64.0 Å². The average Bonchev–Trinajstić information content (AvgIpc) is 3.37. The highest BCUT2D eigenvalue weighted by molar-refractivity contribution is 7.10. The lowest BCUT2D eigenvalue weighted by atomic mass is 10.2. The molecule has 0 radical (unpaired) electrons. The zero-order valence-electron chi connectivity index (χ0n) is 15.7. The lowest BCUT2D eigenvalue weighted by Crippen LogP contribution is -3.11. The Morgan fingerprint density at radius 2 is 2.11 bits per heavy atom. The monoisotopic (exact) mass is 381 g/mol. The van der Waals surface area contributed by atoms with E-state index in [1.54, 1.807) is 11.3 Å². The highest BCUT2D eigenvalue weighted by Crippen LogP contribution is 2.23. The number of carbonyl (C=O) groups is 1. The van der Waals surface area contributed by atoms with Crippen molar-refractivity contribution < 1.29 is 9.69 Å². The van der Waals surface area contributed by atoms with Gasteiger partial charge in [-0.1, -0.05) is 23.8 Å². The van der Waals surface area contributed by atoms with Gasteiger partial charge in [-0.05, 0) is 37.4 Å². The molecule has 5 nitrogen and oxygen atoms in total. The Hall–Kier alpha value is -2.44. The number of amides is 1. The predicted octanol–water partition coefficient (Wildman–Crippen LogP) is 2.91. The van der Waals surface area contributed by atoms with Crippen LogP contribution in [0.4, 0.5) is 5.82 Å². The number of hydrogen-bond donors (Lipinski definition) is 2. The SMILES string of the molecule is Cc1ccc(-n2nc(C)cc2NC(=O)C[NH+]2CCC[C@H]2c2cccs2)cc1. The molecule has 1 saturated heterocycles. The molecule has 1 fully saturated rings. The number of hydrogen-bond acceptors (Lipinski definition) is 3. The summed E-state index contributed by atoms with van der Waals surface area (Å²) in [5.74, 6) is 0.773.